The van der Waals surface area contributed by atoms with E-state index in [0.29, 0.717) is 48.1 Å². The van der Waals surface area contributed by atoms with Crippen LogP contribution in [0.4, 0.5) is 10.1 Å². The van der Waals surface area contributed by atoms with E-state index in [4.69, 9.17) is 20.9 Å². The Hall–Kier alpha value is -4.07. The number of rotatable bonds is 9. The van der Waals surface area contributed by atoms with E-state index < -0.39 is 0 Å². The summed E-state index contributed by atoms with van der Waals surface area (Å²) in [5.74, 6) is 0.957. The fourth-order valence-electron chi connectivity index (χ4n) is 2.65. The first kappa shape index (κ1) is 21.6. The minimum Gasteiger partial charge on any atom is -0.494 e. The van der Waals surface area contributed by atoms with Crippen molar-refractivity contribution in [1.29, 1.82) is 0 Å². The Morgan fingerprint density at radius 1 is 0.935 bits per heavy atom. The Labute approximate surface area is 179 Å². The van der Waals surface area contributed by atoms with Crippen LogP contribution in [-0.4, -0.2) is 25.0 Å². The summed E-state index contributed by atoms with van der Waals surface area (Å²) in [6.07, 6.45) is 0.672. The van der Waals surface area contributed by atoms with E-state index in [1.807, 2.05) is 0 Å². The van der Waals surface area contributed by atoms with Gasteiger partial charge in [-0.05, 0) is 60.7 Å². The van der Waals surface area contributed by atoms with E-state index in [1.54, 1.807) is 48.5 Å². The first-order chi connectivity index (χ1) is 15.0. The zero-order valence-corrected chi connectivity index (χ0v) is 16.8. The summed E-state index contributed by atoms with van der Waals surface area (Å²) in [6, 6.07) is 19.4. The van der Waals surface area contributed by atoms with E-state index in [9.17, 15) is 9.18 Å². The number of nitrogens with two attached hydrogens (primary N) is 2. The van der Waals surface area contributed by atoms with Gasteiger partial charge in [-0.1, -0.05) is 12.1 Å². The monoisotopic (exact) mass is 422 g/mol. The predicted octanol–water partition coefficient (Wildman–Crippen LogP) is 3.91. The van der Waals surface area contributed by atoms with Gasteiger partial charge in [0.05, 0.1) is 12.3 Å². The third-order valence-corrected chi connectivity index (χ3v) is 4.16. The zero-order valence-electron chi connectivity index (χ0n) is 16.8. The summed E-state index contributed by atoms with van der Waals surface area (Å²) in [4.78, 5) is 16.5. The topological polar surface area (TPSA) is 112 Å². The second kappa shape index (κ2) is 10.6. The van der Waals surface area contributed by atoms with Crippen LogP contribution in [0.1, 0.15) is 16.8 Å². The molecule has 0 aliphatic carbocycles. The predicted molar refractivity (Wildman–Crippen MR) is 118 cm³/mol. The number of nitrogens with zero attached hydrogens (tertiary/aromatic N) is 1. The second-order valence-electron chi connectivity index (χ2n) is 6.54. The summed E-state index contributed by atoms with van der Waals surface area (Å²) < 4.78 is 24.5. The first-order valence-electron chi connectivity index (χ1n) is 9.63. The minimum atomic E-state index is -0.352. The van der Waals surface area contributed by atoms with Crippen molar-refractivity contribution < 1.29 is 18.7 Å². The minimum absolute atomic E-state index is 0.0556. The van der Waals surface area contributed by atoms with Gasteiger partial charge in [0.2, 0.25) is 0 Å². The van der Waals surface area contributed by atoms with Crippen molar-refractivity contribution in [2.75, 3.05) is 18.5 Å². The van der Waals surface area contributed by atoms with Crippen molar-refractivity contribution in [3.63, 3.8) is 0 Å². The van der Waals surface area contributed by atoms with Crippen LogP contribution in [0, 0.1) is 5.82 Å². The number of carbonyl (C=O) groups is 1. The van der Waals surface area contributed by atoms with Crippen molar-refractivity contribution in [3.05, 3.63) is 84.2 Å². The normalized spacial score (nSPS) is 10.2. The van der Waals surface area contributed by atoms with Crippen LogP contribution in [0.15, 0.2) is 77.8 Å². The number of guanidine groups is 1. The molecular weight excluding hydrogens is 399 g/mol. The molecule has 0 bridgehead atoms. The number of carbonyl (C=O) groups excluding carboxylic acids is 1. The number of ether oxygens (including phenoxy) is 2. The van der Waals surface area contributed by atoms with Crippen LogP contribution in [0.3, 0.4) is 0 Å². The van der Waals surface area contributed by atoms with Gasteiger partial charge in [-0.2, -0.15) is 0 Å². The van der Waals surface area contributed by atoms with Crippen LogP contribution in [0.2, 0.25) is 0 Å². The molecule has 0 unspecified atom stereocenters. The maximum absolute atomic E-state index is 13.1. The molecule has 0 radical (unpaired) electrons. The maximum atomic E-state index is 13.1. The van der Waals surface area contributed by atoms with Gasteiger partial charge >= 0.3 is 0 Å². The SMILES string of the molecule is NC(N)=NCCCOc1ccc(C(=O)Nc2ccccc2Oc2ccc(F)cc2)cc1. The average molecular weight is 422 g/mol. The largest absolute Gasteiger partial charge is 0.494 e. The number of benzene rings is 3. The highest BCUT2D eigenvalue weighted by Gasteiger charge is 2.11. The molecule has 0 fully saturated rings. The Morgan fingerprint density at radius 3 is 2.32 bits per heavy atom. The molecule has 0 aliphatic heterocycles. The molecule has 3 aromatic carbocycles. The summed E-state index contributed by atoms with van der Waals surface area (Å²) in [5.41, 5.74) is 11.5. The van der Waals surface area contributed by atoms with Crippen molar-refractivity contribution in [1.82, 2.24) is 0 Å². The molecule has 5 N–H and O–H groups in total. The van der Waals surface area contributed by atoms with Gasteiger partial charge in [0, 0.05) is 18.5 Å². The lowest BCUT2D eigenvalue weighted by Crippen LogP contribution is -2.23. The second-order valence-corrected chi connectivity index (χ2v) is 6.54. The van der Waals surface area contributed by atoms with Crippen LogP contribution in [0.25, 0.3) is 0 Å². The Morgan fingerprint density at radius 2 is 1.61 bits per heavy atom. The lowest BCUT2D eigenvalue weighted by atomic mass is 10.2. The zero-order chi connectivity index (χ0) is 22.1. The number of halogens is 1. The van der Waals surface area contributed by atoms with E-state index >= 15 is 0 Å². The molecule has 0 aromatic heterocycles. The highest BCUT2D eigenvalue weighted by Crippen LogP contribution is 2.29. The number of hydrogen-bond acceptors (Lipinski definition) is 4. The van der Waals surface area contributed by atoms with Gasteiger partial charge in [0.15, 0.2) is 11.7 Å². The van der Waals surface area contributed by atoms with E-state index in [1.165, 1.54) is 24.3 Å². The maximum Gasteiger partial charge on any atom is 0.255 e. The fourth-order valence-corrected chi connectivity index (χ4v) is 2.65. The van der Waals surface area contributed by atoms with Gasteiger partial charge in [0.1, 0.15) is 17.3 Å². The number of hydrogen-bond donors (Lipinski definition) is 3. The van der Waals surface area contributed by atoms with Gasteiger partial charge in [0.25, 0.3) is 5.91 Å². The molecule has 0 spiro atoms. The molecule has 1 amide bonds. The molecule has 8 heteroatoms. The lowest BCUT2D eigenvalue weighted by Gasteiger charge is -2.12. The third-order valence-electron chi connectivity index (χ3n) is 4.16. The molecule has 3 rings (SSSR count). The fraction of sp³-hybridized carbons (Fsp3) is 0.130. The molecule has 0 atom stereocenters. The molecular formula is C23H23FN4O3. The molecule has 0 saturated heterocycles. The number of para-hydroxylation sites is 2. The summed E-state index contributed by atoms with van der Waals surface area (Å²) in [5, 5.41) is 2.83. The van der Waals surface area contributed by atoms with Crippen LogP contribution in [0.5, 0.6) is 17.2 Å². The smallest absolute Gasteiger partial charge is 0.255 e. The lowest BCUT2D eigenvalue weighted by molar-refractivity contribution is 0.102. The number of amides is 1. The van der Waals surface area contributed by atoms with Crippen molar-refractivity contribution >= 4 is 17.6 Å². The Kier molecular flexibility index (Phi) is 7.42. The highest BCUT2D eigenvalue weighted by atomic mass is 19.1. The van der Waals surface area contributed by atoms with Gasteiger partial charge in [-0.15, -0.1) is 0 Å². The quantitative estimate of drug-likeness (QED) is 0.275. The van der Waals surface area contributed by atoms with Gasteiger partial charge in [-0.25, -0.2) is 4.39 Å². The van der Waals surface area contributed by atoms with Gasteiger partial charge < -0.3 is 26.3 Å². The third kappa shape index (κ3) is 6.74. The molecule has 3 aromatic rings. The van der Waals surface area contributed by atoms with Crippen molar-refractivity contribution in [2.24, 2.45) is 16.5 Å². The molecule has 31 heavy (non-hydrogen) atoms. The first-order valence-corrected chi connectivity index (χ1v) is 9.63. The summed E-state index contributed by atoms with van der Waals surface area (Å²) in [7, 11) is 0. The number of aliphatic imine (C=N–C) groups is 1. The van der Waals surface area contributed by atoms with Crippen LogP contribution < -0.4 is 26.3 Å². The molecule has 160 valence electrons. The van der Waals surface area contributed by atoms with Crippen molar-refractivity contribution in [3.8, 4) is 17.2 Å². The molecule has 7 nitrogen and oxygen atoms in total. The summed E-state index contributed by atoms with van der Waals surface area (Å²) in [6.45, 7) is 0.943. The van der Waals surface area contributed by atoms with E-state index in [-0.39, 0.29) is 17.7 Å². The molecule has 0 aliphatic rings. The summed E-state index contributed by atoms with van der Waals surface area (Å²) >= 11 is 0. The molecule has 0 saturated carbocycles. The number of nitrogens with one attached hydrogen (secondary N) is 1. The Bertz CT molecular complexity index is 1030. The Balaban J connectivity index is 1.59. The van der Waals surface area contributed by atoms with E-state index in [2.05, 4.69) is 10.3 Å². The highest BCUT2D eigenvalue weighted by molar-refractivity contribution is 6.05. The van der Waals surface area contributed by atoms with Crippen LogP contribution in [-0.2, 0) is 0 Å². The van der Waals surface area contributed by atoms with Gasteiger partial charge in [-0.3, -0.25) is 9.79 Å². The standard InChI is InChI=1S/C23H23FN4O3/c24-17-8-12-19(13-9-17)31-21-5-2-1-4-20(21)28-22(29)16-6-10-18(11-7-16)30-15-3-14-27-23(25)26/h1-2,4-13H,3,14-15H2,(H,28,29)(H4,25,26,27). The van der Waals surface area contributed by atoms with E-state index in [0.717, 1.165) is 0 Å². The average Bonchev–Trinajstić information content (AvgIpc) is 2.76. The molecule has 0 heterocycles. The number of anilines is 1. The van der Waals surface area contributed by atoms with Crippen LogP contribution >= 0.6 is 0 Å². The van der Waals surface area contributed by atoms with Crippen molar-refractivity contribution in [2.45, 2.75) is 6.42 Å².